The summed E-state index contributed by atoms with van der Waals surface area (Å²) in [5.41, 5.74) is -1.47. The van der Waals surface area contributed by atoms with Crippen molar-refractivity contribution in [3.05, 3.63) is 12.7 Å². The lowest BCUT2D eigenvalue weighted by Crippen LogP contribution is -2.66. The van der Waals surface area contributed by atoms with Gasteiger partial charge in [-0.25, -0.2) is 4.79 Å². The topological polar surface area (TPSA) is 66.3 Å². The lowest BCUT2D eigenvalue weighted by molar-refractivity contribution is -0.168. The SMILES string of the molecule is O=C(N1CC[C@H](n2cnnc2)C1)N1CC2(CC(CNC3(C(F)(F)F)CC3)C2)C1. The van der Waals surface area contributed by atoms with Gasteiger partial charge in [0.2, 0.25) is 0 Å². The van der Waals surface area contributed by atoms with Crippen LogP contribution in [0.4, 0.5) is 18.0 Å². The minimum Gasteiger partial charge on any atom is -0.323 e. The van der Waals surface area contributed by atoms with Crippen LogP contribution in [0.3, 0.4) is 0 Å². The Bertz CT molecular complexity index is 733. The summed E-state index contributed by atoms with van der Waals surface area (Å²) in [7, 11) is 0. The molecule has 10 heteroatoms. The largest absolute Gasteiger partial charge is 0.406 e. The molecule has 0 aromatic carbocycles. The molecule has 0 bridgehead atoms. The summed E-state index contributed by atoms with van der Waals surface area (Å²) in [6.45, 7) is 3.31. The summed E-state index contributed by atoms with van der Waals surface area (Å²) in [4.78, 5) is 16.5. The zero-order valence-corrected chi connectivity index (χ0v) is 15.7. The predicted molar refractivity (Wildman–Crippen MR) is 93.4 cm³/mol. The van der Waals surface area contributed by atoms with Crippen LogP contribution in [0.1, 0.15) is 38.1 Å². The van der Waals surface area contributed by atoms with Gasteiger partial charge in [-0.15, -0.1) is 10.2 Å². The fourth-order valence-electron chi connectivity index (χ4n) is 5.25. The Morgan fingerprint density at radius 3 is 2.43 bits per heavy atom. The van der Waals surface area contributed by atoms with Gasteiger partial charge in [0.1, 0.15) is 18.2 Å². The molecule has 2 saturated heterocycles. The van der Waals surface area contributed by atoms with Crippen molar-refractivity contribution >= 4 is 6.03 Å². The van der Waals surface area contributed by atoms with Crippen LogP contribution in [0.2, 0.25) is 0 Å². The number of rotatable bonds is 4. The first-order valence-corrected chi connectivity index (χ1v) is 9.99. The average molecular weight is 398 g/mol. The van der Waals surface area contributed by atoms with Gasteiger partial charge in [-0.05, 0) is 44.6 Å². The number of alkyl halides is 3. The zero-order valence-electron chi connectivity index (χ0n) is 15.7. The third kappa shape index (κ3) is 2.96. The molecule has 1 aromatic rings. The van der Waals surface area contributed by atoms with Crippen LogP contribution in [0.25, 0.3) is 0 Å². The van der Waals surface area contributed by atoms with E-state index in [0.717, 1.165) is 38.9 Å². The number of nitrogens with zero attached hydrogens (tertiary/aromatic N) is 5. The van der Waals surface area contributed by atoms with E-state index >= 15 is 0 Å². The Kier molecular flexibility index (Phi) is 3.95. The number of hydrogen-bond acceptors (Lipinski definition) is 4. The minimum atomic E-state index is -4.14. The highest BCUT2D eigenvalue weighted by Gasteiger charge is 2.63. The lowest BCUT2D eigenvalue weighted by Gasteiger charge is -2.59. The second kappa shape index (κ2) is 6.08. The smallest absolute Gasteiger partial charge is 0.323 e. The van der Waals surface area contributed by atoms with E-state index in [4.69, 9.17) is 0 Å². The molecule has 2 aliphatic carbocycles. The number of carbonyl (C=O) groups is 1. The first-order valence-electron chi connectivity index (χ1n) is 9.99. The summed E-state index contributed by atoms with van der Waals surface area (Å²) >= 11 is 0. The lowest BCUT2D eigenvalue weighted by atomic mass is 9.57. The predicted octanol–water partition coefficient (Wildman–Crippen LogP) is 2.04. The molecule has 0 unspecified atom stereocenters. The average Bonchev–Trinajstić information content (AvgIpc) is 3.00. The summed E-state index contributed by atoms with van der Waals surface area (Å²) in [6, 6.07) is 0.313. The van der Waals surface area contributed by atoms with Crippen LogP contribution in [0.5, 0.6) is 0 Å². The number of halogens is 3. The molecular formula is C18H25F3N6O. The van der Waals surface area contributed by atoms with E-state index in [1.54, 1.807) is 12.7 Å². The Hall–Kier alpha value is -1.84. The maximum absolute atomic E-state index is 13.0. The molecule has 28 heavy (non-hydrogen) atoms. The summed E-state index contributed by atoms with van der Waals surface area (Å²) < 4.78 is 40.9. The Morgan fingerprint density at radius 1 is 1.14 bits per heavy atom. The second-order valence-corrected chi connectivity index (χ2v) is 9.17. The first-order chi connectivity index (χ1) is 13.3. The van der Waals surface area contributed by atoms with Gasteiger partial charge in [0.25, 0.3) is 0 Å². The van der Waals surface area contributed by atoms with Crippen molar-refractivity contribution in [2.24, 2.45) is 11.3 Å². The number of urea groups is 1. The monoisotopic (exact) mass is 398 g/mol. The van der Waals surface area contributed by atoms with Gasteiger partial charge in [-0.1, -0.05) is 0 Å². The summed E-state index contributed by atoms with van der Waals surface area (Å²) in [6.07, 6.45) is 2.36. The van der Waals surface area contributed by atoms with Crippen LogP contribution >= 0.6 is 0 Å². The van der Waals surface area contributed by atoms with Crippen molar-refractivity contribution in [3.63, 3.8) is 0 Å². The molecule has 3 heterocycles. The fourth-order valence-corrected chi connectivity index (χ4v) is 5.25. The summed E-state index contributed by atoms with van der Waals surface area (Å²) in [5, 5.41) is 10.4. The molecule has 2 amide bonds. The van der Waals surface area contributed by atoms with Gasteiger partial charge in [0.15, 0.2) is 0 Å². The number of amides is 2. The third-order valence-electron chi connectivity index (χ3n) is 7.08. The summed E-state index contributed by atoms with van der Waals surface area (Å²) in [5.74, 6) is 0.294. The molecule has 2 aliphatic heterocycles. The van der Waals surface area contributed by atoms with E-state index < -0.39 is 11.7 Å². The van der Waals surface area contributed by atoms with Gasteiger partial charge in [-0.3, -0.25) is 0 Å². The molecule has 0 radical (unpaired) electrons. The van der Waals surface area contributed by atoms with E-state index in [0.29, 0.717) is 19.0 Å². The minimum absolute atomic E-state index is 0.0804. The van der Waals surface area contributed by atoms with E-state index in [1.807, 2.05) is 14.4 Å². The number of aromatic nitrogens is 3. The van der Waals surface area contributed by atoms with Crippen LogP contribution < -0.4 is 5.32 Å². The molecule has 1 N–H and O–H groups in total. The van der Waals surface area contributed by atoms with Crippen molar-refractivity contribution in [2.45, 2.75) is 49.9 Å². The molecule has 2 saturated carbocycles. The second-order valence-electron chi connectivity index (χ2n) is 9.17. The molecule has 1 spiro atoms. The van der Waals surface area contributed by atoms with Gasteiger partial charge in [0, 0.05) is 31.6 Å². The van der Waals surface area contributed by atoms with E-state index in [-0.39, 0.29) is 30.3 Å². The van der Waals surface area contributed by atoms with Crippen molar-refractivity contribution in [2.75, 3.05) is 32.7 Å². The fraction of sp³-hybridized carbons (Fsp3) is 0.833. The Morgan fingerprint density at radius 2 is 1.82 bits per heavy atom. The number of carbonyl (C=O) groups excluding carboxylic acids is 1. The van der Waals surface area contributed by atoms with Gasteiger partial charge in [0.05, 0.1) is 6.04 Å². The third-order valence-corrected chi connectivity index (χ3v) is 7.08. The highest BCUT2D eigenvalue weighted by atomic mass is 19.4. The van der Waals surface area contributed by atoms with E-state index in [2.05, 4.69) is 15.5 Å². The van der Waals surface area contributed by atoms with Crippen molar-refractivity contribution in [1.82, 2.24) is 29.9 Å². The first kappa shape index (κ1) is 18.2. The molecule has 4 fully saturated rings. The Balaban J connectivity index is 1.05. The number of hydrogen-bond donors (Lipinski definition) is 1. The molecule has 1 aromatic heterocycles. The molecule has 154 valence electrons. The van der Waals surface area contributed by atoms with E-state index in [9.17, 15) is 18.0 Å². The van der Waals surface area contributed by atoms with Crippen LogP contribution in [0, 0.1) is 11.3 Å². The molecule has 1 atom stereocenters. The van der Waals surface area contributed by atoms with Gasteiger partial charge < -0.3 is 19.7 Å². The zero-order chi connectivity index (χ0) is 19.6. The van der Waals surface area contributed by atoms with Crippen LogP contribution in [-0.4, -0.2) is 75.0 Å². The van der Waals surface area contributed by atoms with Crippen molar-refractivity contribution in [3.8, 4) is 0 Å². The van der Waals surface area contributed by atoms with Crippen molar-refractivity contribution in [1.29, 1.82) is 0 Å². The molecule has 4 aliphatic rings. The highest BCUT2D eigenvalue weighted by Crippen LogP contribution is 2.53. The standard InChI is InChI=1S/C18H25F3N6O/c19-18(20,21)17(2-3-17)22-7-13-5-16(6-13)9-26(10-16)15(28)25-4-1-14(8-25)27-11-23-24-12-27/h11-14,22H,1-10H2/t14-/m0/s1. The molecular weight excluding hydrogens is 373 g/mol. The number of likely N-dealkylation sites (tertiary alicyclic amines) is 2. The molecule has 7 nitrogen and oxygen atoms in total. The van der Waals surface area contributed by atoms with Gasteiger partial charge >= 0.3 is 12.2 Å². The van der Waals surface area contributed by atoms with Gasteiger partial charge in [-0.2, -0.15) is 13.2 Å². The van der Waals surface area contributed by atoms with E-state index in [1.165, 1.54) is 0 Å². The number of nitrogens with one attached hydrogen (secondary N) is 1. The highest BCUT2D eigenvalue weighted by molar-refractivity contribution is 5.76. The maximum Gasteiger partial charge on any atom is 0.406 e. The van der Waals surface area contributed by atoms with Crippen LogP contribution in [-0.2, 0) is 0 Å². The quantitative estimate of drug-likeness (QED) is 0.843. The Labute approximate surface area is 161 Å². The normalized spacial score (nSPS) is 28.3. The maximum atomic E-state index is 13.0. The molecule has 5 rings (SSSR count). The van der Waals surface area contributed by atoms with Crippen molar-refractivity contribution < 1.29 is 18.0 Å². The van der Waals surface area contributed by atoms with Crippen LogP contribution in [0.15, 0.2) is 12.7 Å².